The summed E-state index contributed by atoms with van der Waals surface area (Å²) in [6.07, 6.45) is 3.11. The van der Waals surface area contributed by atoms with E-state index in [4.69, 9.17) is 0 Å². The molecule has 3 aromatic heterocycles. The third-order valence-corrected chi connectivity index (χ3v) is 4.74. The van der Waals surface area contributed by atoms with Gasteiger partial charge in [-0.05, 0) is 18.6 Å². The molecule has 0 unspecified atom stereocenters. The Morgan fingerprint density at radius 2 is 1.71 bits per heavy atom. The Morgan fingerprint density at radius 1 is 0.893 bits per heavy atom. The molecule has 28 heavy (non-hydrogen) atoms. The van der Waals surface area contributed by atoms with Crippen molar-refractivity contribution < 1.29 is 0 Å². The number of aromatic nitrogens is 6. The highest BCUT2D eigenvalue weighted by atomic mass is 15.1. The van der Waals surface area contributed by atoms with Crippen LogP contribution in [0.3, 0.4) is 0 Å². The lowest BCUT2D eigenvalue weighted by Gasteiger charge is -2.18. The Labute approximate surface area is 160 Å². The Hall–Kier alpha value is -3.87. The number of hydrogen-bond acceptors (Lipinski definition) is 6. The van der Waals surface area contributed by atoms with Gasteiger partial charge < -0.3 is 10.3 Å². The van der Waals surface area contributed by atoms with Crippen LogP contribution in [-0.4, -0.2) is 30.1 Å². The molecule has 136 valence electrons. The quantitative estimate of drug-likeness (QED) is 0.496. The van der Waals surface area contributed by atoms with Crippen molar-refractivity contribution in [2.24, 2.45) is 0 Å². The van der Waals surface area contributed by atoms with Crippen molar-refractivity contribution in [2.45, 2.75) is 13.0 Å². The fourth-order valence-corrected chi connectivity index (χ4v) is 3.43. The minimum atomic E-state index is -0.131. The second kappa shape index (κ2) is 6.70. The van der Waals surface area contributed by atoms with E-state index in [9.17, 15) is 0 Å². The zero-order valence-electron chi connectivity index (χ0n) is 15.2. The number of fused-ring (bicyclic) bond motifs is 2. The number of H-pyrrole nitrogens is 1. The largest absolute Gasteiger partial charge is 0.360 e. The fraction of sp³-hybridized carbons (Fsp3) is 0.0952. The minimum Gasteiger partial charge on any atom is -0.360 e. The lowest BCUT2D eigenvalue weighted by Crippen LogP contribution is -2.13. The standard InChI is InChI=1S/C21H17N7/c1-13(26-21-19-20(23-11-22-19)24-12-25-21)18-17(14-7-3-2-4-8-14)15-9-5-6-10-16(15)27-28-18/h2-13H,1H3,(H2,22,23,24,25,26)/t13-/m0/s1. The topological polar surface area (TPSA) is 92.3 Å². The molecule has 0 saturated heterocycles. The molecule has 5 aromatic rings. The first kappa shape index (κ1) is 16.3. The van der Waals surface area contributed by atoms with Crippen LogP contribution in [0.2, 0.25) is 0 Å². The van der Waals surface area contributed by atoms with Crippen LogP contribution < -0.4 is 5.32 Å². The van der Waals surface area contributed by atoms with E-state index in [0.29, 0.717) is 11.5 Å². The van der Waals surface area contributed by atoms with Crippen LogP contribution >= 0.6 is 0 Å². The van der Waals surface area contributed by atoms with E-state index in [-0.39, 0.29) is 6.04 Å². The Morgan fingerprint density at radius 3 is 2.61 bits per heavy atom. The van der Waals surface area contributed by atoms with Crippen LogP contribution in [0.4, 0.5) is 5.82 Å². The van der Waals surface area contributed by atoms with Crippen LogP contribution in [0.5, 0.6) is 0 Å². The van der Waals surface area contributed by atoms with Gasteiger partial charge in [0.1, 0.15) is 11.8 Å². The van der Waals surface area contributed by atoms with Crippen molar-refractivity contribution in [1.82, 2.24) is 30.1 Å². The summed E-state index contributed by atoms with van der Waals surface area (Å²) in [6.45, 7) is 2.05. The van der Waals surface area contributed by atoms with E-state index in [1.54, 1.807) is 6.33 Å². The van der Waals surface area contributed by atoms with Crippen molar-refractivity contribution in [3.63, 3.8) is 0 Å². The molecule has 1 atom stereocenters. The molecular formula is C21H17N7. The van der Waals surface area contributed by atoms with Crippen molar-refractivity contribution in [1.29, 1.82) is 0 Å². The molecule has 5 rings (SSSR count). The zero-order chi connectivity index (χ0) is 18.9. The molecule has 0 aliphatic rings. The number of aromatic amines is 1. The van der Waals surface area contributed by atoms with Gasteiger partial charge in [0.05, 0.1) is 23.6 Å². The number of anilines is 1. The van der Waals surface area contributed by atoms with Gasteiger partial charge in [0, 0.05) is 10.9 Å². The maximum Gasteiger partial charge on any atom is 0.182 e. The van der Waals surface area contributed by atoms with Crippen molar-refractivity contribution in [3.05, 3.63) is 72.9 Å². The Bertz CT molecular complexity index is 1260. The highest BCUT2D eigenvalue weighted by Gasteiger charge is 2.19. The van der Waals surface area contributed by atoms with E-state index in [1.807, 2.05) is 36.4 Å². The summed E-state index contributed by atoms with van der Waals surface area (Å²) >= 11 is 0. The van der Waals surface area contributed by atoms with Gasteiger partial charge in [-0.3, -0.25) is 0 Å². The monoisotopic (exact) mass is 367 g/mol. The summed E-state index contributed by atoms with van der Waals surface area (Å²) in [7, 11) is 0. The highest BCUT2D eigenvalue weighted by molar-refractivity contribution is 5.95. The second-order valence-electron chi connectivity index (χ2n) is 6.53. The maximum atomic E-state index is 4.57. The smallest absolute Gasteiger partial charge is 0.182 e. The molecule has 0 amide bonds. The van der Waals surface area contributed by atoms with E-state index >= 15 is 0 Å². The summed E-state index contributed by atoms with van der Waals surface area (Å²) in [4.78, 5) is 15.8. The van der Waals surface area contributed by atoms with Gasteiger partial charge in [0.25, 0.3) is 0 Å². The number of imidazole rings is 1. The molecule has 0 aliphatic heterocycles. The highest BCUT2D eigenvalue weighted by Crippen LogP contribution is 2.34. The molecule has 0 aliphatic carbocycles. The summed E-state index contributed by atoms with van der Waals surface area (Å²) < 4.78 is 0. The molecule has 0 saturated carbocycles. The van der Waals surface area contributed by atoms with Crippen molar-refractivity contribution >= 4 is 27.9 Å². The third kappa shape index (κ3) is 2.73. The van der Waals surface area contributed by atoms with E-state index in [0.717, 1.165) is 33.2 Å². The van der Waals surface area contributed by atoms with Crippen LogP contribution in [0.15, 0.2) is 67.3 Å². The lowest BCUT2D eigenvalue weighted by molar-refractivity contribution is 0.806. The minimum absolute atomic E-state index is 0.131. The molecular weight excluding hydrogens is 350 g/mol. The number of benzene rings is 2. The first-order chi connectivity index (χ1) is 13.8. The summed E-state index contributed by atoms with van der Waals surface area (Å²) in [5, 5.41) is 13.5. The Balaban J connectivity index is 1.65. The lowest BCUT2D eigenvalue weighted by atomic mass is 9.96. The summed E-state index contributed by atoms with van der Waals surface area (Å²) in [6, 6.07) is 18.2. The number of hydrogen-bond donors (Lipinski definition) is 2. The normalized spacial score (nSPS) is 12.3. The van der Waals surface area contributed by atoms with Gasteiger partial charge in [0.2, 0.25) is 0 Å². The molecule has 0 fully saturated rings. The van der Waals surface area contributed by atoms with Gasteiger partial charge in [-0.25, -0.2) is 15.0 Å². The fourth-order valence-electron chi connectivity index (χ4n) is 3.43. The van der Waals surface area contributed by atoms with Crippen LogP contribution in [0.1, 0.15) is 18.7 Å². The summed E-state index contributed by atoms with van der Waals surface area (Å²) in [5.74, 6) is 0.684. The molecule has 7 nitrogen and oxygen atoms in total. The molecule has 0 bridgehead atoms. The van der Waals surface area contributed by atoms with E-state index in [1.165, 1.54) is 6.33 Å². The summed E-state index contributed by atoms with van der Waals surface area (Å²) in [5.41, 5.74) is 5.29. The molecule has 3 heterocycles. The van der Waals surface area contributed by atoms with Gasteiger partial charge in [-0.15, -0.1) is 0 Å². The zero-order valence-corrected chi connectivity index (χ0v) is 15.2. The average molecular weight is 367 g/mol. The molecule has 2 N–H and O–H groups in total. The van der Waals surface area contributed by atoms with E-state index in [2.05, 4.69) is 60.6 Å². The maximum absolute atomic E-state index is 4.57. The van der Waals surface area contributed by atoms with Gasteiger partial charge in [-0.2, -0.15) is 10.2 Å². The van der Waals surface area contributed by atoms with Crippen LogP contribution in [-0.2, 0) is 0 Å². The molecule has 0 radical (unpaired) electrons. The van der Waals surface area contributed by atoms with Crippen molar-refractivity contribution in [3.8, 4) is 11.1 Å². The van der Waals surface area contributed by atoms with E-state index < -0.39 is 0 Å². The van der Waals surface area contributed by atoms with Gasteiger partial charge >= 0.3 is 0 Å². The Kier molecular flexibility index (Phi) is 3.90. The van der Waals surface area contributed by atoms with Crippen LogP contribution in [0.25, 0.3) is 33.2 Å². The molecule has 2 aromatic carbocycles. The molecule has 7 heteroatoms. The predicted octanol–water partition coefficient (Wildman–Crippen LogP) is 4.14. The van der Waals surface area contributed by atoms with Crippen LogP contribution in [0, 0.1) is 0 Å². The number of rotatable bonds is 4. The first-order valence-corrected chi connectivity index (χ1v) is 9.02. The molecule has 0 spiro atoms. The average Bonchev–Trinajstić information content (AvgIpc) is 3.23. The SMILES string of the molecule is C[C@H](Nc1ncnc2nc[nH]c12)c1nnc2ccccc2c1-c1ccccc1. The van der Waals surface area contributed by atoms with Gasteiger partial charge in [-0.1, -0.05) is 48.5 Å². The van der Waals surface area contributed by atoms with Gasteiger partial charge in [0.15, 0.2) is 11.5 Å². The third-order valence-electron chi connectivity index (χ3n) is 4.74. The van der Waals surface area contributed by atoms with Crippen molar-refractivity contribution in [2.75, 3.05) is 5.32 Å². The first-order valence-electron chi connectivity index (χ1n) is 9.02. The predicted molar refractivity (Wildman–Crippen MR) is 109 cm³/mol. The second-order valence-corrected chi connectivity index (χ2v) is 6.53. The number of nitrogens with one attached hydrogen (secondary N) is 2. The number of nitrogens with zero attached hydrogens (tertiary/aromatic N) is 5.